The highest BCUT2D eigenvalue weighted by molar-refractivity contribution is 7.17. The maximum absolute atomic E-state index is 11.7. The van der Waals surface area contributed by atoms with Crippen molar-refractivity contribution in [1.82, 2.24) is 5.32 Å². The molecule has 2 rings (SSSR count). The van der Waals surface area contributed by atoms with Gasteiger partial charge in [-0.2, -0.15) is 0 Å². The van der Waals surface area contributed by atoms with Crippen LogP contribution in [0.15, 0.2) is 12.1 Å². The van der Waals surface area contributed by atoms with E-state index in [1.807, 2.05) is 0 Å². The Hall–Kier alpha value is -1.47. The molecule has 1 saturated heterocycles. The molecule has 1 aliphatic rings. The van der Waals surface area contributed by atoms with Gasteiger partial charge in [0.2, 0.25) is 0 Å². The van der Waals surface area contributed by atoms with E-state index in [9.17, 15) is 14.9 Å². The van der Waals surface area contributed by atoms with Gasteiger partial charge < -0.3 is 10.1 Å². The number of amides is 1. The van der Waals surface area contributed by atoms with E-state index in [4.69, 9.17) is 4.74 Å². The second kappa shape index (κ2) is 5.24. The first kappa shape index (κ1) is 12.0. The number of thiophene rings is 1. The van der Waals surface area contributed by atoms with Gasteiger partial charge in [-0.3, -0.25) is 14.9 Å². The van der Waals surface area contributed by atoms with Crippen LogP contribution in [0, 0.1) is 10.1 Å². The smallest absolute Gasteiger partial charge is 0.324 e. The molecule has 92 valence electrons. The first-order chi connectivity index (χ1) is 8.16. The molecule has 1 aromatic rings. The Kier molecular flexibility index (Phi) is 3.70. The number of carbonyl (C=O) groups excluding carboxylic acids is 1. The summed E-state index contributed by atoms with van der Waals surface area (Å²) in [7, 11) is 0. The van der Waals surface area contributed by atoms with Crippen molar-refractivity contribution in [2.24, 2.45) is 0 Å². The topological polar surface area (TPSA) is 81.5 Å². The van der Waals surface area contributed by atoms with E-state index < -0.39 is 4.92 Å². The molecule has 0 aromatic carbocycles. The molecule has 1 fully saturated rings. The van der Waals surface area contributed by atoms with Crippen LogP contribution in [0.4, 0.5) is 5.00 Å². The Morgan fingerprint density at radius 1 is 1.65 bits per heavy atom. The highest BCUT2D eigenvalue weighted by atomic mass is 32.1. The minimum absolute atomic E-state index is 0.0210. The van der Waals surface area contributed by atoms with Crippen molar-refractivity contribution in [3.63, 3.8) is 0 Å². The minimum atomic E-state index is -0.498. The summed E-state index contributed by atoms with van der Waals surface area (Å²) < 4.78 is 5.36. The summed E-state index contributed by atoms with van der Waals surface area (Å²) in [4.78, 5) is 22.0. The molecule has 17 heavy (non-hydrogen) atoms. The standard InChI is InChI=1S/C10H12N2O4S/c13-10(11-6-7-2-1-5-16-7)8-3-4-9(17-8)12(14)15/h3-4,7H,1-2,5-6H2,(H,11,13)/t7-/m0/s1. The van der Waals surface area contributed by atoms with Crippen LogP contribution >= 0.6 is 11.3 Å². The average molecular weight is 256 g/mol. The lowest BCUT2D eigenvalue weighted by Gasteiger charge is -2.09. The summed E-state index contributed by atoms with van der Waals surface area (Å²) in [6, 6.07) is 2.80. The lowest BCUT2D eigenvalue weighted by atomic mass is 10.2. The Bertz CT molecular complexity index is 426. The summed E-state index contributed by atoms with van der Waals surface area (Å²) in [6.07, 6.45) is 2.05. The van der Waals surface area contributed by atoms with E-state index in [0.29, 0.717) is 11.4 Å². The van der Waals surface area contributed by atoms with Gasteiger partial charge in [0.1, 0.15) is 0 Å². The predicted octanol–water partition coefficient (Wildman–Crippen LogP) is 1.57. The van der Waals surface area contributed by atoms with Gasteiger partial charge in [-0.15, -0.1) is 0 Å². The lowest BCUT2D eigenvalue weighted by molar-refractivity contribution is -0.380. The van der Waals surface area contributed by atoms with Gasteiger partial charge in [-0.25, -0.2) is 0 Å². The molecule has 6 nitrogen and oxygen atoms in total. The Labute approximate surface area is 102 Å². The highest BCUT2D eigenvalue weighted by Gasteiger charge is 2.19. The summed E-state index contributed by atoms with van der Waals surface area (Å²) in [5, 5.41) is 13.2. The molecule has 1 aliphatic heterocycles. The monoisotopic (exact) mass is 256 g/mol. The Balaban J connectivity index is 1.87. The molecule has 0 bridgehead atoms. The minimum Gasteiger partial charge on any atom is -0.376 e. The van der Waals surface area contributed by atoms with Gasteiger partial charge in [0, 0.05) is 19.2 Å². The van der Waals surface area contributed by atoms with Gasteiger partial charge in [-0.1, -0.05) is 11.3 Å². The summed E-state index contributed by atoms with van der Waals surface area (Å²) in [5.41, 5.74) is 0. The van der Waals surface area contributed by atoms with Crippen molar-refractivity contribution < 1.29 is 14.5 Å². The second-order valence-corrected chi connectivity index (χ2v) is 4.80. The molecule has 0 aliphatic carbocycles. The van der Waals surface area contributed by atoms with Crippen LogP contribution in [0.25, 0.3) is 0 Å². The van der Waals surface area contributed by atoms with Crippen molar-refractivity contribution in [1.29, 1.82) is 0 Å². The van der Waals surface area contributed by atoms with Crippen LogP contribution in [0.1, 0.15) is 22.5 Å². The van der Waals surface area contributed by atoms with Crippen LogP contribution in [0.3, 0.4) is 0 Å². The van der Waals surface area contributed by atoms with Crippen molar-refractivity contribution in [3.8, 4) is 0 Å². The first-order valence-electron chi connectivity index (χ1n) is 5.31. The Morgan fingerprint density at radius 3 is 3.06 bits per heavy atom. The fraction of sp³-hybridized carbons (Fsp3) is 0.500. The highest BCUT2D eigenvalue weighted by Crippen LogP contribution is 2.23. The third kappa shape index (κ3) is 3.01. The van der Waals surface area contributed by atoms with Crippen molar-refractivity contribution >= 4 is 22.2 Å². The molecular formula is C10H12N2O4S. The quantitative estimate of drug-likeness (QED) is 0.654. The zero-order valence-electron chi connectivity index (χ0n) is 9.05. The maximum atomic E-state index is 11.7. The first-order valence-corrected chi connectivity index (χ1v) is 6.12. The molecule has 1 atom stereocenters. The molecule has 1 aromatic heterocycles. The van der Waals surface area contributed by atoms with Crippen LogP contribution in [0.2, 0.25) is 0 Å². The summed E-state index contributed by atoms with van der Waals surface area (Å²) >= 11 is 0.880. The molecule has 0 saturated carbocycles. The van der Waals surface area contributed by atoms with E-state index in [1.165, 1.54) is 12.1 Å². The normalized spacial score (nSPS) is 19.2. The van der Waals surface area contributed by atoms with E-state index >= 15 is 0 Å². The number of hydrogen-bond donors (Lipinski definition) is 1. The molecule has 0 radical (unpaired) electrons. The van der Waals surface area contributed by atoms with Crippen LogP contribution in [-0.4, -0.2) is 30.1 Å². The number of nitrogens with one attached hydrogen (secondary N) is 1. The van der Waals surface area contributed by atoms with Gasteiger partial charge in [0.15, 0.2) is 0 Å². The van der Waals surface area contributed by atoms with Crippen LogP contribution in [-0.2, 0) is 4.74 Å². The van der Waals surface area contributed by atoms with Crippen LogP contribution < -0.4 is 5.32 Å². The Morgan fingerprint density at radius 2 is 2.47 bits per heavy atom. The predicted molar refractivity (Wildman–Crippen MR) is 62.3 cm³/mol. The number of carbonyl (C=O) groups is 1. The molecular weight excluding hydrogens is 244 g/mol. The number of hydrogen-bond acceptors (Lipinski definition) is 5. The average Bonchev–Trinajstić information content (AvgIpc) is 2.96. The zero-order valence-corrected chi connectivity index (χ0v) is 9.87. The fourth-order valence-electron chi connectivity index (χ4n) is 1.65. The van der Waals surface area contributed by atoms with Crippen LogP contribution in [0.5, 0.6) is 0 Å². The molecule has 2 heterocycles. The third-order valence-electron chi connectivity index (χ3n) is 2.51. The lowest BCUT2D eigenvalue weighted by Crippen LogP contribution is -2.31. The molecule has 1 amide bonds. The summed E-state index contributed by atoms with van der Waals surface area (Å²) in [5.74, 6) is -0.279. The maximum Gasteiger partial charge on any atom is 0.324 e. The van der Waals surface area contributed by atoms with Crippen molar-refractivity contribution in [2.75, 3.05) is 13.2 Å². The van der Waals surface area contributed by atoms with E-state index in [-0.39, 0.29) is 17.0 Å². The van der Waals surface area contributed by atoms with Crippen molar-refractivity contribution in [3.05, 3.63) is 27.1 Å². The molecule has 0 unspecified atom stereocenters. The molecule has 1 N–H and O–H groups in total. The number of rotatable bonds is 4. The van der Waals surface area contributed by atoms with Gasteiger partial charge in [0.05, 0.1) is 15.9 Å². The number of nitrogens with zero attached hydrogens (tertiary/aromatic N) is 1. The fourth-order valence-corrected chi connectivity index (χ4v) is 2.38. The zero-order chi connectivity index (χ0) is 12.3. The van der Waals surface area contributed by atoms with E-state index in [1.54, 1.807) is 0 Å². The SMILES string of the molecule is O=C(NC[C@@H]1CCCO1)c1ccc([N+](=O)[O-])s1. The number of nitro groups is 1. The molecule has 0 spiro atoms. The van der Waals surface area contributed by atoms with Gasteiger partial charge in [-0.05, 0) is 18.9 Å². The van der Waals surface area contributed by atoms with E-state index in [2.05, 4.69) is 5.32 Å². The van der Waals surface area contributed by atoms with Gasteiger partial charge >= 0.3 is 5.00 Å². The largest absolute Gasteiger partial charge is 0.376 e. The molecule has 7 heteroatoms. The van der Waals surface area contributed by atoms with Crippen molar-refractivity contribution in [2.45, 2.75) is 18.9 Å². The second-order valence-electron chi connectivity index (χ2n) is 3.74. The summed E-state index contributed by atoms with van der Waals surface area (Å²) in [6.45, 7) is 1.20. The number of ether oxygens (including phenoxy) is 1. The van der Waals surface area contributed by atoms with E-state index in [0.717, 1.165) is 30.8 Å². The third-order valence-corrected chi connectivity index (χ3v) is 3.55. The van der Waals surface area contributed by atoms with Gasteiger partial charge in [0.25, 0.3) is 5.91 Å².